The van der Waals surface area contributed by atoms with E-state index in [-0.39, 0.29) is 11.7 Å². The van der Waals surface area contributed by atoms with Gasteiger partial charge in [0.05, 0.1) is 11.3 Å². The van der Waals surface area contributed by atoms with Crippen molar-refractivity contribution in [2.75, 3.05) is 42.9 Å². The second-order valence-electron chi connectivity index (χ2n) is 6.62. The zero-order valence-electron chi connectivity index (χ0n) is 15.3. The van der Waals surface area contributed by atoms with Gasteiger partial charge in [-0.05, 0) is 37.3 Å². The summed E-state index contributed by atoms with van der Waals surface area (Å²) in [5, 5.41) is 13.8. The lowest BCUT2D eigenvalue weighted by molar-refractivity contribution is 0.0748. The molecule has 7 nitrogen and oxygen atoms in total. The number of hydrogen-bond donors (Lipinski definition) is 3. The molecule has 0 bridgehead atoms. The molecule has 0 unspecified atom stereocenters. The van der Waals surface area contributed by atoms with Crippen LogP contribution in [0, 0.1) is 0 Å². The molecule has 1 aliphatic heterocycles. The third-order valence-electron chi connectivity index (χ3n) is 4.92. The Morgan fingerprint density at radius 1 is 1.26 bits per heavy atom. The largest absolute Gasteiger partial charge is 0.508 e. The van der Waals surface area contributed by atoms with Crippen LogP contribution in [0.5, 0.6) is 5.75 Å². The number of phenolic OH excluding ortho intramolecular Hbond substituents is 1. The van der Waals surface area contributed by atoms with Crippen LogP contribution in [0.2, 0.25) is 0 Å². The molecule has 3 aromatic rings. The monoisotopic (exact) mass is 365 g/mol. The summed E-state index contributed by atoms with van der Waals surface area (Å²) in [6.07, 6.45) is 3.52. The third kappa shape index (κ3) is 3.28. The maximum absolute atomic E-state index is 13.0. The number of carbonyl (C=O) groups is 1. The summed E-state index contributed by atoms with van der Waals surface area (Å²) in [6.45, 7) is 5.62. The number of carbonyl (C=O) groups excluding carboxylic acids is 1. The Labute approximate surface area is 157 Å². The molecule has 1 aromatic carbocycles. The number of H-pyrrole nitrogens is 1. The number of nitrogens with one attached hydrogen (secondary N) is 2. The number of benzene rings is 1. The van der Waals surface area contributed by atoms with E-state index in [4.69, 9.17) is 0 Å². The number of aromatic hydroxyl groups is 1. The first-order chi connectivity index (χ1) is 13.2. The number of phenols is 1. The molecule has 0 aliphatic carbocycles. The summed E-state index contributed by atoms with van der Waals surface area (Å²) in [7, 11) is 0. The number of aromatic amines is 1. The lowest BCUT2D eigenvalue weighted by Gasteiger charge is -2.36. The molecule has 0 atom stereocenters. The fourth-order valence-electron chi connectivity index (χ4n) is 3.55. The van der Waals surface area contributed by atoms with Gasteiger partial charge in [-0.15, -0.1) is 0 Å². The van der Waals surface area contributed by atoms with E-state index in [9.17, 15) is 9.90 Å². The van der Waals surface area contributed by atoms with Crippen molar-refractivity contribution in [3.8, 4) is 5.75 Å². The van der Waals surface area contributed by atoms with Crippen LogP contribution in [-0.4, -0.2) is 58.6 Å². The summed E-state index contributed by atoms with van der Waals surface area (Å²) in [6, 6.07) is 8.98. The molecule has 0 spiro atoms. The zero-order chi connectivity index (χ0) is 18.8. The number of rotatable bonds is 4. The minimum atomic E-state index is -0.0144. The summed E-state index contributed by atoms with van der Waals surface area (Å²) in [5.74, 6) is 1.08. The van der Waals surface area contributed by atoms with Crippen molar-refractivity contribution in [3.05, 3.63) is 48.3 Å². The highest BCUT2D eigenvalue weighted by atomic mass is 16.3. The van der Waals surface area contributed by atoms with Crippen molar-refractivity contribution in [2.45, 2.75) is 6.92 Å². The lowest BCUT2D eigenvalue weighted by Crippen LogP contribution is -2.49. The van der Waals surface area contributed by atoms with Gasteiger partial charge in [-0.1, -0.05) is 0 Å². The van der Waals surface area contributed by atoms with E-state index < -0.39 is 0 Å². The van der Waals surface area contributed by atoms with Crippen molar-refractivity contribution in [2.24, 2.45) is 0 Å². The molecule has 7 heteroatoms. The maximum atomic E-state index is 13.0. The van der Waals surface area contributed by atoms with Crippen LogP contribution < -0.4 is 10.2 Å². The average Bonchev–Trinajstić information content (AvgIpc) is 3.11. The number of anilines is 2. The molecule has 0 radical (unpaired) electrons. The first-order valence-corrected chi connectivity index (χ1v) is 9.20. The van der Waals surface area contributed by atoms with Gasteiger partial charge in [0.2, 0.25) is 0 Å². The average molecular weight is 365 g/mol. The Kier molecular flexibility index (Phi) is 4.58. The van der Waals surface area contributed by atoms with Gasteiger partial charge in [0.1, 0.15) is 5.75 Å². The van der Waals surface area contributed by atoms with Crippen LogP contribution >= 0.6 is 0 Å². The smallest absolute Gasteiger partial charge is 0.256 e. The Hall–Kier alpha value is -3.22. The van der Waals surface area contributed by atoms with Crippen LogP contribution in [0.1, 0.15) is 17.3 Å². The quantitative estimate of drug-likeness (QED) is 0.662. The highest BCUT2D eigenvalue weighted by Crippen LogP contribution is 2.26. The minimum absolute atomic E-state index is 0.0144. The molecule has 2 aromatic heterocycles. The van der Waals surface area contributed by atoms with E-state index in [2.05, 4.69) is 27.1 Å². The molecule has 27 heavy (non-hydrogen) atoms. The first kappa shape index (κ1) is 17.2. The van der Waals surface area contributed by atoms with Crippen molar-refractivity contribution in [1.82, 2.24) is 14.9 Å². The lowest BCUT2D eigenvalue weighted by atomic mass is 10.1. The van der Waals surface area contributed by atoms with Gasteiger partial charge in [-0.3, -0.25) is 4.79 Å². The summed E-state index contributed by atoms with van der Waals surface area (Å²) in [4.78, 5) is 24.7. The van der Waals surface area contributed by atoms with Crippen molar-refractivity contribution in [1.29, 1.82) is 0 Å². The molecule has 4 rings (SSSR count). The summed E-state index contributed by atoms with van der Waals surface area (Å²) >= 11 is 0. The number of amides is 1. The predicted octanol–water partition coefficient (Wildman–Crippen LogP) is 2.66. The Balaban J connectivity index is 1.49. The topological polar surface area (TPSA) is 84.5 Å². The fourth-order valence-corrected chi connectivity index (χ4v) is 3.55. The molecule has 1 fully saturated rings. The Bertz CT molecular complexity index is 960. The number of piperazine rings is 1. The Morgan fingerprint density at radius 3 is 2.85 bits per heavy atom. The van der Waals surface area contributed by atoms with Crippen molar-refractivity contribution < 1.29 is 9.90 Å². The molecule has 1 aliphatic rings. The zero-order valence-corrected chi connectivity index (χ0v) is 15.3. The van der Waals surface area contributed by atoms with E-state index >= 15 is 0 Å². The molecular weight excluding hydrogens is 342 g/mol. The van der Waals surface area contributed by atoms with E-state index in [1.165, 1.54) is 0 Å². The van der Waals surface area contributed by atoms with Crippen molar-refractivity contribution >= 4 is 28.3 Å². The number of hydrogen-bond acceptors (Lipinski definition) is 5. The van der Waals surface area contributed by atoms with Crippen LogP contribution in [-0.2, 0) is 0 Å². The molecule has 3 N–H and O–H groups in total. The molecular formula is C20H23N5O2. The minimum Gasteiger partial charge on any atom is -0.508 e. The van der Waals surface area contributed by atoms with Crippen LogP contribution in [0.3, 0.4) is 0 Å². The van der Waals surface area contributed by atoms with Crippen LogP contribution in [0.25, 0.3) is 10.9 Å². The van der Waals surface area contributed by atoms with Gasteiger partial charge in [0, 0.05) is 56.0 Å². The van der Waals surface area contributed by atoms with Crippen LogP contribution in [0.4, 0.5) is 11.5 Å². The first-order valence-electron chi connectivity index (χ1n) is 9.20. The highest BCUT2D eigenvalue weighted by molar-refractivity contribution is 6.07. The highest BCUT2D eigenvalue weighted by Gasteiger charge is 2.25. The van der Waals surface area contributed by atoms with Gasteiger partial charge in [-0.2, -0.15) is 0 Å². The molecule has 3 heterocycles. The van der Waals surface area contributed by atoms with Gasteiger partial charge in [0.15, 0.2) is 5.82 Å². The fraction of sp³-hybridized carbons (Fsp3) is 0.300. The predicted molar refractivity (Wildman–Crippen MR) is 106 cm³/mol. The standard InChI is InChI=1S/C20H23N5O2/c1-2-21-18-4-3-7-22-19(18)24-8-10-25(11-9-24)20(27)16-13-23-17-6-5-14(26)12-15(16)17/h3-7,12-13,21,23,26H,2,8-11H2,1H3. The molecule has 1 amide bonds. The van der Waals surface area contributed by atoms with Gasteiger partial charge >= 0.3 is 0 Å². The normalized spacial score (nSPS) is 14.6. The molecule has 140 valence electrons. The Morgan fingerprint density at radius 2 is 2.07 bits per heavy atom. The number of pyridine rings is 1. The SMILES string of the molecule is CCNc1cccnc1N1CCN(C(=O)c2c[nH]c3ccc(O)cc23)CC1. The maximum Gasteiger partial charge on any atom is 0.256 e. The second-order valence-corrected chi connectivity index (χ2v) is 6.62. The van der Waals surface area contributed by atoms with Gasteiger partial charge in [0.25, 0.3) is 5.91 Å². The number of aromatic nitrogens is 2. The van der Waals surface area contributed by atoms with E-state index in [1.54, 1.807) is 30.6 Å². The summed E-state index contributed by atoms with van der Waals surface area (Å²) < 4.78 is 0. The van der Waals surface area contributed by atoms with Crippen molar-refractivity contribution in [3.63, 3.8) is 0 Å². The van der Waals surface area contributed by atoms with E-state index in [0.717, 1.165) is 42.0 Å². The second kappa shape index (κ2) is 7.19. The van der Waals surface area contributed by atoms with Gasteiger partial charge < -0.3 is 25.2 Å². The summed E-state index contributed by atoms with van der Waals surface area (Å²) in [5.41, 5.74) is 2.46. The molecule has 0 saturated carbocycles. The van der Waals surface area contributed by atoms with E-state index in [1.807, 2.05) is 17.0 Å². The van der Waals surface area contributed by atoms with E-state index in [0.29, 0.717) is 18.7 Å². The number of nitrogens with zero attached hydrogens (tertiary/aromatic N) is 3. The van der Waals surface area contributed by atoms with Gasteiger partial charge in [-0.25, -0.2) is 4.98 Å². The third-order valence-corrected chi connectivity index (χ3v) is 4.92. The van der Waals surface area contributed by atoms with Crippen LogP contribution in [0.15, 0.2) is 42.7 Å². The number of fused-ring (bicyclic) bond motifs is 1. The molecule has 1 saturated heterocycles.